The highest BCUT2D eigenvalue weighted by Crippen LogP contribution is 2.09. The first-order chi connectivity index (χ1) is 8.85. The topological polar surface area (TPSA) is 75.7 Å². The maximum Gasteiger partial charge on any atom is 0.224 e. The fraction of sp³-hybridized carbons (Fsp3) is 0.917. The summed E-state index contributed by atoms with van der Waals surface area (Å²) in [6.07, 6.45) is 0.223. The number of methoxy groups -OCH3 is 1. The van der Waals surface area contributed by atoms with Gasteiger partial charge in [0.2, 0.25) is 5.91 Å². The van der Waals surface area contributed by atoms with E-state index >= 15 is 0 Å². The summed E-state index contributed by atoms with van der Waals surface area (Å²) in [7, 11) is -1.40. The molecule has 0 saturated carbocycles. The Morgan fingerprint density at radius 1 is 1.47 bits per heavy atom. The average Bonchev–Trinajstić information content (AvgIpc) is 2.27. The normalized spacial score (nSPS) is 22.4. The highest BCUT2D eigenvalue weighted by Gasteiger charge is 2.28. The van der Waals surface area contributed by atoms with E-state index in [9.17, 15) is 13.2 Å². The third-order valence-corrected chi connectivity index (χ3v) is 4.94. The molecule has 1 heterocycles. The SMILES string of the molecule is COCCN(C(=O)CC1CS(=O)(=O)CCN1)C(C)C. The van der Waals surface area contributed by atoms with Crippen LogP contribution in [0.2, 0.25) is 0 Å². The van der Waals surface area contributed by atoms with Crippen molar-refractivity contribution in [3.63, 3.8) is 0 Å². The largest absolute Gasteiger partial charge is 0.383 e. The number of amides is 1. The number of sulfone groups is 1. The van der Waals surface area contributed by atoms with E-state index in [1.165, 1.54) is 0 Å². The van der Waals surface area contributed by atoms with Gasteiger partial charge in [0.1, 0.15) is 0 Å². The van der Waals surface area contributed by atoms with Gasteiger partial charge in [0.25, 0.3) is 0 Å². The Balaban J connectivity index is 2.56. The molecule has 19 heavy (non-hydrogen) atoms. The second-order valence-corrected chi connectivity index (χ2v) is 7.37. The molecular weight excluding hydrogens is 268 g/mol. The van der Waals surface area contributed by atoms with Crippen LogP contribution in [0.15, 0.2) is 0 Å². The molecule has 0 radical (unpaired) electrons. The number of ether oxygens (including phenoxy) is 1. The van der Waals surface area contributed by atoms with Crippen LogP contribution in [0, 0.1) is 0 Å². The summed E-state index contributed by atoms with van der Waals surface area (Å²) in [6.45, 7) is 5.34. The summed E-state index contributed by atoms with van der Waals surface area (Å²) in [5.41, 5.74) is 0. The predicted octanol–water partition coefficient (Wildman–Crippen LogP) is -0.353. The second kappa shape index (κ2) is 7.21. The second-order valence-electron chi connectivity index (χ2n) is 5.14. The van der Waals surface area contributed by atoms with Gasteiger partial charge in [-0.1, -0.05) is 0 Å². The molecule has 7 heteroatoms. The summed E-state index contributed by atoms with van der Waals surface area (Å²) < 4.78 is 28.1. The van der Waals surface area contributed by atoms with Crippen LogP contribution in [0.25, 0.3) is 0 Å². The van der Waals surface area contributed by atoms with Gasteiger partial charge in [0.15, 0.2) is 9.84 Å². The smallest absolute Gasteiger partial charge is 0.224 e. The Morgan fingerprint density at radius 3 is 2.68 bits per heavy atom. The van der Waals surface area contributed by atoms with E-state index in [2.05, 4.69) is 5.32 Å². The Hall–Kier alpha value is -0.660. The molecule has 1 aliphatic heterocycles. The van der Waals surface area contributed by atoms with Gasteiger partial charge in [-0.25, -0.2) is 8.42 Å². The molecule has 1 unspecified atom stereocenters. The minimum Gasteiger partial charge on any atom is -0.383 e. The van der Waals surface area contributed by atoms with Crippen LogP contribution in [0.1, 0.15) is 20.3 Å². The molecule has 1 atom stereocenters. The van der Waals surface area contributed by atoms with Gasteiger partial charge < -0.3 is 15.0 Å². The molecule has 0 spiro atoms. The highest BCUT2D eigenvalue weighted by molar-refractivity contribution is 7.91. The lowest BCUT2D eigenvalue weighted by molar-refractivity contribution is -0.134. The van der Waals surface area contributed by atoms with Crippen LogP contribution in [-0.2, 0) is 19.4 Å². The van der Waals surface area contributed by atoms with Crippen LogP contribution in [0.3, 0.4) is 0 Å². The zero-order chi connectivity index (χ0) is 14.5. The summed E-state index contributed by atoms with van der Waals surface area (Å²) >= 11 is 0. The molecule has 1 rings (SSSR count). The number of carbonyl (C=O) groups excluding carboxylic acids is 1. The monoisotopic (exact) mass is 292 g/mol. The van der Waals surface area contributed by atoms with E-state index in [1.54, 1.807) is 12.0 Å². The van der Waals surface area contributed by atoms with Crippen molar-refractivity contribution >= 4 is 15.7 Å². The Labute approximate surface area is 115 Å². The molecule has 0 aromatic carbocycles. The molecule has 0 aromatic rings. The van der Waals surface area contributed by atoms with Gasteiger partial charge in [-0.05, 0) is 13.8 Å². The molecule has 1 amide bonds. The molecule has 1 N–H and O–H groups in total. The van der Waals surface area contributed by atoms with Crippen molar-refractivity contribution in [1.82, 2.24) is 10.2 Å². The van der Waals surface area contributed by atoms with Crippen LogP contribution in [0.5, 0.6) is 0 Å². The van der Waals surface area contributed by atoms with Crippen molar-refractivity contribution in [2.75, 3.05) is 38.3 Å². The molecule has 0 aliphatic carbocycles. The van der Waals surface area contributed by atoms with Gasteiger partial charge in [-0.15, -0.1) is 0 Å². The summed E-state index contributed by atoms with van der Waals surface area (Å²) in [5.74, 6) is 0.186. The number of hydrogen-bond acceptors (Lipinski definition) is 5. The minimum atomic E-state index is -3.00. The van der Waals surface area contributed by atoms with E-state index in [1.807, 2.05) is 13.8 Å². The average molecular weight is 292 g/mol. The van der Waals surface area contributed by atoms with E-state index in [-0.39, 0.29) is 35.9 Å². The van der Waals surface area contributed by atoms with E-state index in [0.29, 0.717) is 19.7 Å². The lowest BCUT2D eigenvalue weighted by Crippen LogP contribution is -2.49. The number of rotatable bonds is 6. The van der Waals surface area contributed by atoms with Gasteiger partial charge >= 0.3 is 0 Å². The Bertz CT molecular complexity index is 395. The number of nitrogens with zero attached hydrogens (tertiary/aromatic N) is 1. The Kier molecular flexibility index (Phi) is 6.22. The highest BCUT2D eigenvalue weighted by atomic mass is 32.2. The van der Waals surface area contributed by atoms with Gasteiger partial charge in [-0.2, -0.15) is 0 Å². The number of hydrogen-bond donors (Lipinski definition) is 1. The molecule has 1 saturated heterocycles. The fourth-order valence-corrected chi connectivity index (χ4v) is 3.63. The van der Waals surface area contributed by atoms with Crippen molar-refractivity contribution in [3.05, 3.63) is 0 Å². The van der Waals surface area contributed by atoms with Crippen molar-refractivity contribution in [2.45, 2.75) is 32.4 Å². The molecule has 1 aliphatic rings. The van der Waals surface area contributed by atoms with Crippen LogP contribution < -0.4 is 5.32 Å². The predicted molar refractivity (Wildman–Crippen MR) is 73.8 cm³/mol. The van der Waals surface area contributed by atoms with E-state index < -0.39 is 9.84 Å². The molecule has 0 bridgehead atoms. The Morgan fingerprint density at radius 2 is 2.16 bits per heavy atom. The minimum absolute atomic E-state index is 0.0262. The van der Waals surface area contributed by atoms with E-state index in [4.69, 9.17) is 4.74 Å². The van der Waals surface area contributed by atoms with Crippen LogP contribution in [-0.4, -0.2) is 69.6 Å². The zero-order valence-electron chi connectivity index (χ0n) is 11.9. The first-order valence-electron chi connectivity index (χ1n) is 6.58. The van der Waals surface area contributed by atoms with Crippen molar-refractivity contribution in [3.8, 4) is 0 Å². The molecule has 0 aromatic heterocycles. The maximum atomic E-state index is 12.2. The summed E-state index contributed by atoms with van der Waals surface area (Å²) in [6, 6.07) is -0.183. The van der Waals surface area contributed by atoms with Crippen molar-refractivity contribution < 1.29 is 17.9 Å². The third-order valence-electron chi connectivity index (χ3n) is 3.20. The molecule has 112 valence electrons. The maximum absolute atomic E-state index is 12.2. The van der Waals surface area contributed by atoms with Crippen molar-refractivity contribution in [1.29, 1.82) is 0 Å². The molecular formula is C12H24N2O4S. The lowest BCUT2D eigenvalue weighted by atomic mass is 10.2. The van der Waals surface area contributed by atoms with Gasteiger partial charge in [-0.3, -0.25) is 4.79 Å². The standard InChI is InChI=1S/C12H24N2O4S/c1-10(2)14(5-6-18-3)12(15)8-11-9-19(16,17)7-4-13-11/h10-11,13H,4-9H2,1-3H3. The lowest BCUT2D eigenvalue weighted by Gasteiger charge is -2.30. The quantitative estimate of drug-likeness (QED) is 0.724. The molecule has 1 fully saturated rings. The fourth-order valence-electron chi connectivity index (χ4n) is 2.19. The van der Waals surface area contributed by atoms with Crippen molar-refractivity contribution in [2.24, 2.45) is 0 Å². The summed E-state index contributed by atoms with van der Waals surface area (Å²) in [5, 5.41) is 3.10. The van der Waals surface area contributed by atoms with Crippen LogP contribution in [0.4, 0.5) is 0 Å². The third kappa shape index (κ3) is 5.46. The van der Waals surface area contributed by atoms with Gasteiger partial charge in [0, 0.05) is 38.7 Å². The van der Waals surface area contributed by atoms with Crippen LogP contribution >= 0.6 is 0 Å². The van der Waals surface area contributed by atoms with E-state index in [0.717, 1.165) is 0 Å². The zero-order valence-corrected chi connectivity index (χ0v) is 12.7. The van der Waals surface area contributed by atoms with Gasteiger partial charge in [0.05, 0.1) is 18.1 Å². The number of nitrogens with one attached hydrogen (secondary N) is 1. The summed E-state index contributed by atoms with van der Waals surface area (Å²) in [4.78, 5) is 13.9. The first kappa shape index (κ1) is 16.4. The number of carbonyl (C=O) groups is 1. The first-order valence-corrected chi connectivity index (χ1v) is 8.40. The molecule has 6 nitrogen and oxygen atoms in total.